The summed E-state index contributed by atoms with van der Waals surface area (Å²) in [6, 6.07) is -0.792. The van der Waals surface area contributed by atoms with Crippen molar-refractivity contribution in [2.75, 3.05) is 12.4 Å². The van der Waals surface area contributed by atoms with Gasteiger partial charge in [-0.3, -0.25) is 24.0 Å². The molecule has 2 aliphatic rings. The van der Waals surface area contributed by atoms with Crippen molar-refractivity contribution < 1.29 is 29.0 Å². The van der Waals surface area contributed by atoms with Gasteiger partial charge in [0.05, 0.1) is 16.7 Å². The Labute approximate surface area is 185 Å². The third kappa shape index (κ3) is 4.24. The van der Waals surface area contributed by atoms with Crippen molar-refractivity contribution in [2.45, 2.75) is 45.2 Å². The number of fused-ring (bicyclic) bond motifs is 1. The van der Waals surface area contributed by atoms with Crippen molar-refractivity contribution >= 4 is 51.4 Å². The third-order valence-corrected chi connectivity index (χ3v) is 7.35. The number of β-lactam (4-membered cyclic amide) rings is 1. The van der Waals surface area contributed by atoms with Gasteiger partial charge in [0.25, 0.3) is 5.91 Å². The number of aromatic nitrogens is 2. The van der Waals surface area contributed by atoms with E-state index in [1.807, 2.05) is 13.8 Å². The van der Waals surface area contributed by atoms with Crippen LogP contribution in [0, 0.1) is 13.8 Å². The second kappa shape index (κ2) is 8.80. The van der Waals surface area contributed by atoms with Crippen LogP contribution in [0.3, 0.4) is 0 Å². The number of thioether (sulfide) groups is 1. The maximum absolute atomic E-state index is 12.6. The smallest absolute Gasteiger partial charge is 0.352 e. The normalized spacial score (nSPS) is 20.5. The summed E-state index contributed by atoms with van der Waals surface area (Å²) >= 11 is 4.76. The molecule has 30 heavy (non-hydrogen) atoms. The lowest BCUT2D eigenvalue weighted by molar-refractivity contribution is -0.151. The number of nitrogens with zero attached hydrogens (tertiary/aromatic N) is 3. The van der Waals surface area contributed by atoms with E-state index in [1.165, 1.54) is 18.7 Å². The number of aryl methyl sites for hydroxylation is 2. The Morgan fingerprint density at radius 1 is 1.37 bits per heavy atom. The molecule has 0 spiro atoms. The topological polar surface area (TPSA) is 131 Å². The zero-order valence-electron chi connectivity index (χ0n) is 16.6. The second-order valence-corrected chi connectivity index (χ2v) is 8.85. The molecule has 162 valence electrons. The van der Waals surface area contributed by atoms with Crippen molar-refractivity contribution in [3.63, 3.8) is 0 Å². The summed E-state index contributed by atoms with van der Waals surface area (Å²) in [5.74, 6) is -2.32. The summed E-state index contributed by atoms with van der Waals surface area (Å²) in [6.07, 6.45) is 0.134. The predicted molar refractivity (Wildman–Crippen MR) is 110 cm³/mol. The van der Waals surface area contributed by atoms with Gasteiger partial charge < -0.3 is 15.2 Å². The fourth-order valence-electron chi connectivity index (χ4n) is 3.33. The van der Waals surface area contributed by atoms with Gasteiger partial charge in [-0.05, 0) is 29.8 Å². The van der Waals surface area contributed by atoms with Gasteiger partial charge in [-0.15, -0.1) is 11.8 Å². The van der Waals surface area contributed by atoms with Crippen LogP contribution >= 0.6 is 27.7 Å². The van der Waals surface area contributed by atoms with Crippen LogP contribution in [0.15, 0.2) is 15.7 Å². The Kier molecular flexibility index (Phi) is 6.56. The minimum atomic E-state index is -1.27. The summed E-state index contributed by atoms with van der Waals surface area (Å²) < 4.78 is 7.51. The highest BCUT2D eigenvalue weighted by atomic mass is 79.9. The second-order valence-electron chi connectivity index (χ2n) is 6.95. The molecule has 1 aromatic heterocycles. The lowest BCUT2D eigenvalue weighted by atomic mass is 10.0. The first-order valence-corrected chi connectivity index (χ1v) is 11.0. The largest absolute Gasteiger partial charge is 0.477 e. The molecule has 2 N–H and O–H groups in total. The van der Waals surface area contributed by atoms with Gasteiger partial charge in [0.15, 0.2) is 0 Å². The van der Waals surface area contributed by atoms with E-state index in [9.17, 15) is 24.3 Å². The van der Waals surface area contributed by atoms with Crippen LogP contribution in [0.2, 0.25) is 0 Å². The highest BCUT2D eigenvalue weighted by molar-refractivity contribution is 9.10. The SMILES string of the molecule is CC(=O)OCC1=C(C(=O)O)N2C(=O)[C@@H](NC(=O)CCn3nc(C)c(Br)c3C)[C@H]2SC1. The van der Waals surface area contributed by atoms with Crippen molar-refractivity contribution in [3.05, 3.63) is 27.1 Å². The first-order valence-electron chi connectivity index (χ1n) is 9.14. The molecule has 12 heteroatoms. The highest BCUT2D eigenvalue weighted by Gasteiger charge is 2.54. The van der Waals surface area contributed by atoms with Gasteiger partial charge in [-0.25, -0.2) is 4.79 Å². The molecule has 3 heterocycles. The zero-order chi connectivity index (χ0) is 22.2. The lowest BCUT2D eigenvalue weighted by Gasteiger charge is -2.49. The molecule has 2 atom stereocenters. The van der Waals surface area contributed by atoms with Crippen molar-refractivity contribution in [1.29, 1.82) is 0 Å². The van der Waals surface area contributed by atoms with E-state index in [4.69, 9.17) is 4.74 Å². The van der Waals surface area contributed by atoms with Crippen LogP contribution < -0.4 is 5.32 Å². The molecule has 2 amide bonds. The molecule has 0 saturated carbocycles. The van der Waals surface area contributed by atoms with Crippen molar-refractivity contribution in [2.24, 2.45) is 0 Å². The average Bonchev–Trinajstić information content (AvgIpc) is 2.94. The van der Waals surface area contributed by atoms with Crippen molar-refractivity contribution in [3.8, 4) is 0 Å². The van der Waals surface area contributed by atoms with E-state index in [2.05, 4.69) is 26.3 Å². The highest BCUT2D eigenvalue weighted by Crippen LogP contribution is 2.40. The van der Waals surface area contributed by atoms with Crippen LogP contribution in [0.25, 0.3) is 0 Å². The molecule has 1 saturated heterocycles. The Morgan fingerprint density at radius 2 is 2.07 bits per heavy atom. The number of amides is 2. The maximum atomic E-state index is 12.6. The van der Waals surface area contributed by atoms with Gasteiger partial charge in [0.1, 0.15) is 23.7 Å². The number of carbonyl (C=O) groups excluding carboxylic acids is 3. The Hall–Kier alpha value is -2.34. The van der Waals surface area contributed by atoms with Gasteiger partial charge in [-0.1, -0.05) is 0 Å². The minimum absolute atomic E-state index is 0.134. The fraction of sp³-hybridized carbons (Fsp3) is 0.500. The number of aliphatic carboxylic acids is 1. The summed E-state index contributed by atoms with van der Waals surface area (Å²) in [5.41, 5.74) is 1.91. The van der Waals surface area contributed by atoms with E-state index in [0.29, 0.717) is 12.1 Å². The zero-order valence-corrected chi connectivity index (χ0v) is 19.0. The molecule has 0 radical (unpaired) electrons. The van der Waals surface area contributed by atoms with E-state index in [1.54, 1.807) is 4.68 Å². The summed E-state index contributed by atoms with van der Waals surface area (Å²) in [7, 11) is 0. The molecule has 0 unspecified atom stereocenters. The summed E-state index contributed by atoms with van der Waals surface area (Å²) in [4.78, 5) is 48.8. The number of nitrogens with one attached hydrogen (secondary N) is 1. The molecule has 0 bridgehead atoms. The minimum Gasteiger partial charge on any atom is -0.477 e. The quantitative estimate of drug-likeness (QED) is 0.417. The molecule has 1 aromatic rings. The molecule has 0 aliphatic carbocycles. The standard InChI is InChI=1S/C18H21BrN4O6S/c1-8-13(19)9(2)22(21-8)5-4-12(25)20-14-16(26)23-15(18(27)28)11(6-29-10(3)24)7-30-17(14)23/h14,17H,4-7H2,1-3H3,(H,20,25)(H,27,28)/t14-,17-/m1/s1. The number of esters is 1. The van der Waals surface area contributed by atoms with Crippen LogP contribution in [-0.4, -0.2) is 67.3 Å². The number of ether oxygens (including phenoxy) is 1. The number of hydrogen-bond donors (Lipinski definition) is 2. The number of carboxylic acids is 1. The van der Waals surface area contributed by atoms with E-state index in [-0.39, 0.29) is 30.4 Å². The number of carboxylic acid groups (broad SMARTS) is 1. The fourth-order valence-corrected chi connectivity index (χ4v) is 4.94. The molecule has 3 rings (SSSR count). The van der Waals surface area contributed by atoms with Crippen LogP contribution in [-0.2, 0) is 30.5 Å². The number of hydrogen-bond acceptors (Lipinski definition) is 7. The first-order chi connectivity index (χ1) is 14.1. The van der Waals surface area contributed by atoms with E-state index < -0.39 is 29.3 Å². The number of halogens is 1. The van der Waals surface area contributed by atoms with Gasteiger partial charge >= 0.3 is 11.9 Å². The van der Waals surface area contributed by atoms with Gasteiger partial charge in [0, 0.05) is 30.4 Å². The van der Waals surface area contributed by atoms with Crippen LogP contribution in [0.1, 0.15) is 24.7 Å². The number of rotatable bonds is 7. The van der Waals surface area contributed by atoms with E-state index in [0.717, 1.165) is 20.8 Å². The maximum Gasteiger partial charge on any atom is 0.352 e. The Bertz CT molecular complexity index is 959. The van der Waals surface area contributed by atoms with Crippen LogP contribution in [0.5, 0.6) is 0 Å². The van der Waals surface area contributed by atoms with Gasteiger partial charge in [0.2, 0.25) is 5.91 Å². The van der Waals surface area contributed by atoms with E-state index >= 15 is 0 Å². The Morgan fingerprint density at radius 3 is 2.63 bits per heavy atom. The van der Waals surface area contributed by atoms with Crippen molar-refractivity contribution in [1.82, 2.24) is 20.0 Å². The monoisotopic (exact) mass is 500 g/mol. The molecule has 2 aliphatic heterocycles. The Balaban J connectivity index is 1.63. The molecular weight excluding hydrogens is 480 g/mol. The summed E-state index contributed by atoms with van der Waals surface area (Å²) in [6.45, 7) is 5.15. The molecule has 1 fully saturated rings. The molecule has 10 nitrogen and oxygen atoms in total. The molecular formula is C18H21BrN4O6S. The third-order valence-electron chi connectivity index (χ3n) is 4.86. The lowest BCUT2D eigenvalue weighted by Crippen LogP contribution is -2.70. The summed E-state index contributed by atoms with van der Waals surface area (Å²) in [5, 5.41) is 16.1. The predicted octanol–water partition coefficient (Wildman–Crippen LogP) is 0.954. The molecule has 0 aromatic carbocycles. The average molecular weight is 501 g/mol. The van der Waals surface area contributed by atoms with Crippen LogP contribution in [0.4, 0.5) is 0 Å². The number of carbonyl (C=O) groups is 4. The van der Waals surface area contributed by atoms with Gasteiger partial charge in [-0.2, -0.15) is 5.10 Å². The first kappa shape index (κ1) is 22.3.